The van der Waals surface area contributed by atoms with Gasteiger partial charge in [0.25, 0.3) is 0 Å². The number of hydrogen-bond acceptors (Lipinski definition) is 3. The van der Waals surface area contributed by atoms with Gasteiger partial charge in [-0.2, -0.15) is 0 Å². The van der Waals surface area contributed by atoms with Crippen molar-refractivity contribution in [2.75, 3.05) is 5.32 Å². The molecule has 0 aliphatic carbocycles. The summed E-state index contributed by atoms with van der Waals surface area (Å²) in [5.41, 5.74) is 5.90. The van der Waals surface area contributed by atoms with E-state index in [1.54, 1.807) is 6.07 Å². The average molecular weight is 258 g/mol. The van der Waals surface area contributed by atoms with Gasteiger partial charge in [-0.3, -0.25) is 0 Å². The van der Waals surface area contributed by atoms with E-state index in [4.69, 9.17) is 11.1 Å². The molecule has 1 aromatic rings. The van der Waals surface area contributed by atoms with E-state index < -0.39 is 5.82 Å². The summed E-state index contributed by atoms with van der Waals surface area (Å²) in [4.78, 5) is 0. The van der Waals surface area contributed by atoms with Gasteiger partial charge in [0.1, 0.15) is 5.82 Å². The summed E-state index contributed by atoms with van der Waals surface area (Å²) in [7, 11) is 0. The molecule has 0 atom stereocenters. The predicted octanol–water partition coefficient (Wildman–Crippen LogP) is 2.43. The van der Waals surface area contributed by atoms with E-state index in [0.29, 0.717) is 10.2 Å². The lowest BCUT2D eigenvalue weighted by Crippen LogP contribution is -2.09. The second-order valence-electron chi connectivity index (χ2n) is 2.64. The molecule has 1 aromatic carbocycles. The lowest BCUT2D eigenvalue weighted by molar-refractivity contribution is 0.625. The molecular formula is C9H9BrFN3. The van der Waals surface area contributed by atoms with Crippen molar-refractivity contribution in [3.63, 3.8) is 0 Å². The molecule has 0 aliphatic rings. The molecule has 0 spiro atoms. The minimum atomic E-state index is -0.488. The smallest absolute Gasteiger partial charge is 0.135 e. The third kappa shape index (κ3) is 2.32. The summed E-state index contributed by atoms with van der Waals surface area (Å²) in [6.07, 6.45) is 0.924. The Hall–Kier alpha value is -1.36. The van der Waals surface area contributed by atoms with Gasteiger partial charge in [0, 0.05) is 10.7 Å². The molecule has 74 valence electrons. The Morgan fingerprint density at radius 3 is 2.79 bits per heavy atom. The van der Waals surface area contributed by atoms with Crippen molar-refractivity contribution in [2.24, 2.45) is 5.73 Å². The highest BCUT2D eigenvalue weighted by atomic mass is 79.9. The largest absolute Gasteiger partial charge is 0.386 e. The van der Waals surface area contributed by atoms with E-state index in [-0.39, 0.29) is 11.4 Å². The van der Waals surface area contributed by atoms with Crippen LogP contribution < -0.4 is 11.1 Å². The highest BCUT2D eigenvalue weighted by Crippen LogP contribution is 2.23. The molecule has 5 heteroatoms. The number of nitrogens with two attached hydrogens (primary N) is 1. The zero-order chi connectivity index (χ0) is 10.7. The highest BCUT2D eigenvalue weighted by Gasteiger charge is 2.07. The monoisotopic (exact) mass is 257 g/mol. The molecule has 0 fully saturated rings. The van der Waals surface area contributed by atoms with Gasteiger partial charge in [0.2, 0.25) is 0 Å². The summed E-state index contributed by atoms with van der Waals surface area (Å²) in [5.74, 6) is -0.288. The molecule has 4 N–H and O–H groups in total. The molecule has 0 radical (unpaired) electrons. The zero-order valence-electron chi connectivity index (χ0n) is 7.27. The summed E-state index contributed by atoms with van der Waals surface area (Å²) in [6, 6.07) is 2.91. The fraction of sp³-hybridized carbons (Fsp3) is 0. The lowest BCUT2D eigenvalue weighted by atomic mass is 10.2. The van der Waals surface area contributed by atoms with Crippen LogP contribution in [0.5, 0.6) is 0 Å². The summed E-state index contributed by atoms with van der Waals surface area (Å²) in [5, 5.41) is 9.72. The Morgan fingerprint density at radius 2 is 2.29 bits per heavy atom. The van der Waals surface area contributed by atoms with Crippen LogP contribution in [0.1, 0.15) is 5.56 Å². The molecule has 0 saturated heterocycles. The first-order chi connectivity index (χ1) is 6.54. The second kappa shape index (κ2) is 4.23. The standard InChI is InChI=1S/C9H9BrFN3/c1-5(13)14-9-3-6(10)2-8(11)7(9)4-12/h2-4,12,14H,1,13H2. The maximum absolute atomic E-state index is 13.3. The van der Waals surface area contributed by atoms with Crippen LogP contribution in [0.25, 0.3) is 0 Å². The molecule has 0 aromatic heterocycles. The first-order valence-corrected chi connectivity index (χ1v) is 4.55. The van der Waals surface area contributed by atoms with Gasteiger partial charge >= 0.3 is 0 Å². The topological polar surface area (TPSA) is 61.9 Å². The molecular weight excluding hydrogens is 249 g/mol. The maximum atomic E-state index is 13.3. The van der Waals surface area contributed by atoms with Gasteiger partial charge in [0.05, 0.1) is 17.1 Å². The van der Waals surface area contributed by atoms with Gasteiger partial charge in [-0.25, -0.2) is 4.39 Å². The van der Waals surface area contributed by atoms with Crippen LogP contribution in [0.3, 0.4) is 0 Å². The van der Waals surface area contributed by atoms with Crippen molar-refractivity contribution in [3.8, 4) is 0 Å². The molecule has 0 saturated carbocycles. The van der Waals surface area contributed by atoms with E-state index in [1.165, 1.54) is 6.07 Å². The number of anilines is 1. The zero-order valence-corrected chi connectivity index (χ0v) is 8.86. The Kier molecular flexibility index (Phi) is 3.24. The van der Waals surface area contributed by atoms with E-state index in [0.717, 1.165) is 6.21 Å². The quantitative estimate of drug-likeness (QED) is 0.729. The van der Waals surface area contributed by atoms with Gasteiger partial charge in [0.15, 0.2) is 0 Å². The van der Waals surface area contributed by atoms with Crippen molar-refractivity contribution in [1.82, 2.24) is 0 Å². The van der Waals surface area contributed by atoms with Crippen LogP contribution in [0.2, 0.25) is 0 Å². The van der Waals surface area contributed by atoms with Crippen LogP contribution in [-0.2, 0) is 0 Å². The average Bonchev–Trinajstić information content (AvgIpc) is 2.01. The van der Waals surface area contributed by atoms with E-state index in [9.17, 15) is 4.39 Å². The number of halogens is 2. The van der Waals surface area contributed by atoms with Crippen LogP contribution in [0.4, 0.5) is 10.1 Å². The highest BCUT2D eigenvalue weighted by molar-refractivity contribution is 9.10. The number of nitrogens with one attached hydrogen (secondary N) is 2. The summed E-state index contributed by atoms with van der Waals surface area (Å²) >= 11 is 3.14. The van der Waals surface area contributed by atoms with Crippen molar-refractivity contribution in [2.45, 2.75) is 0 Å². The van der Waals surface area contributed by atoms with Crippen LogP contribution >= 0.6 is 15.9 Å². The SMILES string of the molecule is C=C(N)Nc1cc(Br)cc(F)c1C=N. The number of hydrogen-bond donors (Lipinski definition) is 3. The molecule has 0 heterocycles. The normalized spacial score (nSPS) is 9.57. The molecule has 3 nitrogen and oxygen atoms in total. The van der Waals surface area contributed by atoms with Gasteiger partial charge in [-0.1, -0.05) is 22.5 Å². The second-order valence-corrected chi connectivity index (χ2v) is 3.56. The molecule has 1 rings (SSSR count). The number of rotatable bonds is 3. The minimum Gasteiger partial charge on any atom is -0.386 e. The molecule has 0 aliphatic heterocycles. The van der Waals surface area contributed by atoms with E-state index in [2.05, 4.69) is 27.8 Å². The lowest BCUT2D eigenvalue weighted by Gasteiger charge is -2.09. The van der Waals surface area contributed by atoms with E-state index >= 15 is 0 Å². The van der Waals surface area contributed by atoms with Crippen molar-refractivity contribution in [3.05, 3.63) is 40.4 Å². The molecule has 0 bridgehead atoms. The first kappa shape index (κ1) is 10.7. The van der Waals surface area contributed by atoms with E-state index in [1.807, 2.05) is 0 Å². The van der Waals surface area contributed by atoms with Crippen LogP contribution in [-0.4, -0.2) is 6.21 Å². The Balaban J connectivity index is 3.24. The van der Waals surface area contributed by atoms with Crippen LogP contribution in [0, 0.1) is 11.2 Å². The van der Waals surface area contributed by atoms with Gasteiger partial charge in [-0.15, -0.1) is 0 Å². The van der Waals surface area contributed by atoms with Crippen molar-refractivity contribution >= 4 is 27.8 Å². The third-order valence-electron chi connectivity index (χ3n) is 1.53. The Bertz CT molecular complexity index is 390. The molecule has 0 amide bonds. The fourth-order valence-electron chi connectivity index (χ4n) is 1.01. The van der Waals surface area contributed by atoms with Gasteiger partial charge < -0.3 is 16.5 Å². The van der Waals surface area contributed by atoms with Crippen LogP contribution in [0.15, 0.2) is 29.0 Å². The Morgan fingerprint density at radius 1 is 1.64 bits per heavy atom. The predicted molar refractivity (Wildman–Crippen MR) is 58.9 cm³/mol. The van der Waals surface area contributed by atoms with Gasteiger partial charge in [-0.05, 0) is 12.1 Å². The summed E-state index contributed by atoms with van der Waals surface area (Å²) < 4.78 is 13.8. The molecule has 14 heavy (non-hydrogen) atoms. The minimum absolute atomic E-state index is 0.153. The van der Waals surface area contributed by atoms with Crippen molar-refractivity contribution in [1.29, 1.82) is 5.41 Å². The molecule has 0 unspecified atom stereocenters. The first-order valence-electron chi connectivity index (χ1n) is 3.75. The summed E-state index contributed by atoms with van der Waals surface area (Å²) in [6.45, 7) is 3.44. The Labute approximate surface area is 89.4 Å². The fourth-order valence-corrected chi connectivity index (χ4v) is 1.44. The van der Waals surface area contributed by atoms with Crippen molar-refractivity contribution < 1.29 is 4.39 Å². The maximum Gasteiger partial charge on any atom is 0.135 e. The number of benzene rings is 1. The third-order valence-corrected chi connectivity index (χ3v) is 1.99.